The zero-order valence-electron chi connectivity index (χ0n) is 12.7. The molecule has 0 aliphatic carbocycles. The molecule has 0 saturated carbocycles. The van der Waals surface area contributed by atoms with Gasteiger partial charge < -0.3 is 20.1 Å². The average molecular weight is 329 g/mol. The van der Waals surface area contributed by atoms with Crippen LogP contribution in [0.3, 0.4) is 0 Å². The Labute approximate surface area is 135 Å². The Morgan fingerprint density at radius 2 is 2.00 bits per heavy atom. The van der Waals surface area contributed by atoms with Gasteiger partial charge in [0.2, 0.25) is 0 Å². The Hall–Kier alpha value is -1.79. The standard InChI is InChI=1S/C15H21ClN2O4/c1-18(8-7-14(19)20)15(21)17-9-12(10-22-2)11-3-5-13(16)6-4-11/h3-6,12H,7-10H2,1-2H3,(H,17,21)(H,19,20). The van der Waals surface area contributed by atoms with Gasteiger partial charge in [0.25, 0.3) is 0 Å². The van der Waals surface area contributed by atoms with Crippen molar-refractivity contribution in [3.05, 3.63) is 34.9 Å². The van der Waals surface area contributed by atoms with E-state index in [1.165, 1.54) is 4.90 Å². The van der Waals surface area contributed by atoms with Crippen LogP contribution in [0.15, 0.2) is 24.3 Å². The van der Waals surface area contributed by atoms with E-state index in [0.29, 0.717) is 18.2 Å². The molecule has 0 spiro atoms. The first-order valence-corrected chi connectivity index (χ1v) is 7.27. The minimum Gasteiger partial charge on any atom is -0.481 e. The number of halogens is 1. The first-order valence-electron chi connectivity index (χ1n) is 6.89. The molecule has 0 bridgehead atoms. The molecule has 7 heteroatoms. The van der Waals surface area contributed by atoms with Crippen molar-refractivity contribution < 1.29 is 19.4 Å². The molecule has 0 saturated heterocycles. The maximum absolute atomic E-state index is 11.9. The number of nitrogens with one attached hydrogen (secondary N) is 1. The van der Waals surface area contributed by atoms with E-state index in [1.54, 1.807) is 26.3 Å². The van der Waals surface area contributed by atoms with Crippen LogP contribution in [0.5, 0.6) is 0 Å². The zero-order chi connectivity index (χ0) is 16.5. The van der Waals surface area contributed by atoms with Gasteiger partial charge in [-0.05, 0) is 17.7 Å². The van der Waals surface area contributed by atoms with E-state index >= 15 is 0 Å². The van der Waals surface area contributed by atoms with Crippen LogP contribution in [-0.2, 0) is 9.53 Å². The lowest BCUT2D eigenvalue weighted by molar-refractivity contribution is -0.137. The molecule has 0 aromatic heterocycles. The summed E-state index contributed by atoms with van der Waals surface area (Å²) in [4.78, 5) is 23.8. The van der Waals surface area contributed by atoms with Gasteiger partial charge in [0, 0.05) is 38.2 Å². The van der Waals surface area contributed by atoms with E-state index < -0.39 is 5.97 Å². The second kappa shape index (κ2) is 9.27. The molecular formula is C15H21ClN2O4. The minimum atomic E-state index is -0.932. The van der Waals surface area contributed by atoms with E-state index in [2.05, 4.69) is 5.32 Å². The van der Waals surface area contributed by atoms with Crippen molar-refractivity contribution in [2.24, 2.45) is 0 Å². The van der Waals surface area contributed by atoms with Gasteiger partial charge in [0.05, 0.1) is 13.0 Å². The summed E-state index contributed by atoms with van der Waals surface area (Å²) in [5.41, 5.74) is 1.01. The van der Waals surface area contributed by atoms with Gasteiger partial charge >= 0.3 is 12.0 Å². The summed E-state index contributed by atoms with van der Waals surface area (Å²) in [5.74, 6) is -0.933. The van der Waals surface area contributed by atoms with Crippen molar-refractivity contribution in [2.75, 3.05) is 33.9 Å². The first-order chi connectivity index (χ1) is 10.4. The topological polar surface area (TPSA) is 78.9 Å². The van der Waals surface area contributed by atoms with Crippen LogP contribution in [0.25, 0.3) is 0 Å². The van der Waals surface area contributed by atoms with Crippen molar-refractivity contribution in [3.63, 3.8) is 0 Å². The highest BCUT2D eigenvalue weighted by Crippen LogP contribution is 2.18. The molecule has 0 aliphatic rings. The first kappa shape index (κ1) is 18.3. The number of hydrogen-bond acceptors (Lipinski definition) is 3. The van der Waals surface area contributed by atoms with E-state index in [1.807, 2.05) is 12.1 Å². The fraction of sp³-hybridized carbons (Fsp3) is 0.467. The monoisotopic (exact) mass is 328 g/mol. The molecule has 2 N–H and O–H groups in total. The number of carbonyl (C=O) groups excluding carboxylic acids is 1. The molecule has 2 amide bonds. The number of hydrogen-bond donors (Lipinski definition) is 2. The number of amides is 2. The van der Waals surface area contributed by atoms with Crippen LogP contribution >= 0.6 is 11.6 Å². The van der Waals surface area contributed by atoms with Crippen LogP contribution in [0.2, 0.25) is 5.02 Å². The van der Waals surface area contributed by atoms with Crippen LogP contribution in [-0.4, -0.2) is 55.9 Å². The maximum atomic E-state index is 11.9. The molecule has 1 atom stereocenters. The summed E-state index contributed by atoms with van der Waals surface area (Å²) >= 11 is 5.87. The quantitative estimate of drug-likeness (QED) is 0.766. The SMILES string of the molecule is COCC(CNC(=O)N(C)CCC(=O)O)c1ccc(Cl)cc1. The lowest BCUT2D eigenvalue weighted by Crippen LogP contribution is -2.40. The van der Waals surface area contributed by atoms with Crippen molar-refractivity contribution in [3.8, 4) is 0 Å². The second-order valence-corrected chi connectivity index (χ2v) is 5.39. The highest BCUT2D eigenvalue weighted by Gasteiger charge is 2.15. The van der Waals surface area contributed by atoms with Crippen molar-refractivity contribution in [1.82, 2.24) is 10.2 Å². The molecule has 0 fully saturated rings. The molecule has 0 aliphatic heterocycles. The predicted octanol–water partition coefficient (Wildman–Crippen LogP) is 2.19. The summed E-state index contributed by atoms with van der Waals surface area (Å²) in [6, 6.07) is 7.07. The summed E-state index contributed by atoms with van der Waals surface area (Å²) in [5, 5.41) is 12.1. The second-order valence-electron chi connectivity index (χ2n) is 4.96. The van der Waals surface area contributed by atoms with Crippen molar-refractivity contribution >= 4 is 23.6 Å². The molecule has 0 heterocycles. The molecule has 22 heavy (non-hydrogen) atoms. The van der Waals surface area contributed by atoms with E-state index in [0.717, 1.165) is 5.56 Å². The number of carboxylic acids is 1. The van der Waals surface area contributed by atoms with Gasteiger partial charge in [-0.3, -0.25) is 4.79 Å². The number of methoxy groups -OCH3 is 1. The van der Waals surface area contributed by atoms with Gasteiger partial charge in [-0.2, -0.15) is 0 Å². The Morgan fingerprint density at radius 3 is 2.55 bits per heavy atom. The van der Waals surface area contributed by atoms with E-state index in [9.17, 15) is 9.59 Å². The van der Waals surface area contributed by atoms with Crippen molar-refractivity contribution in [1.29, 1.82) is 0 Å². The summed E-state index contributed by atoms with van der Waals surface area (Å²) in [6.45, 7) is 1.02. The van der Waals surface area contributed by atoms with Crippen LogP contribution in [0, 0.1) is 0 Å². The molecule has 1 unspecified atom stereocenters. The number of carbonyl (C=O) groups is 2. The number of aliphatic carboxylic acids is 1. The molecule has 1 aromatic carbocycles. The molecule has 0 radical (unpaired) electrons. The number of carboxylic acid groups (broad SMARTS) is 1. The van der Waals surface area contributed by atoms with Gasteiger partial charge in [-0.1, -0.05) is 23.7 Å². The van der Waals surface area contributed by atoms with Gasteiger partial charge in [-0.25, -0.2) is 4.79 Å². The van der Waals surface area contributed by atoms with Gasteiger partial charge in [0.1, 0.15) is 0 Å². The predicted molar refractivity (Wildman–Crippen MR) is 84.4 cm³/mol. The van der Waals surface area contributed by atoms with Crippen molar-refractivity contribution in [2.45, 2.75) is 12.3 Å². The third-order valence-electron chi connectivity index (χ3n) is 3.22. The largest absolute Gasteiger partial charge is 0.481 e. The molecular weight excluding hydrogens is 308 g/mol. The van der Waals surface area contributed by atoms with Crippen LogP contribution < -0.4 is 5.32 Å². The fourth-order valence-electron chi connectivity index (χ4n) is 1.92. The highest BCUT2D eigenvalue weighted by molar-refractivity contribution is 6.30. The zero-order valence-corrected chi connectivity index (χ0v) is 13.5. The Bertz CT molecular complexity index is 493. The molecule has 1 aromatic rings. The lowest BCUT2D eigenvalue weighted by Gasteiger charge is -2.21. The van der Waals surface area contributed by atoms with Crippen LogP contribution in [0.1, 0.15) is 17.9 Å². The number of nitrogens with zero attached hydrogens (tertiary/aromatic N) is 1. The third kappa shape index (κ3) is 6.32. The van der Waals surface area contributed by atoms with E-state index in [-0.39, 0.29) is 24.9 Å². The van der Waals surface area contributed by atoms with Gasteiger partial charge in [-0.15, -0.1) is 0 Å². The Kier molecular flexibility index (Phi) is 7.70. The summed E-state index contributed by atoms with van der Waals surface area (Å²) in [6.07, 6.45) is -0.0807. The fourth-order valence-corrected chi connectivity index (χ4v) is 2.05. The number of urea groups is 1. The highest BCUT2D eigenvalue weighted by atomic mass is 35.5. The Balaban J connectivity index is 2.55. The summed E-state index contributed by atoms with van der Waals surface area (Å²) < 4.78 is 5.18. The average Bonchev–Trinajstić information content (AvgIpc) is 2.49. The Morgan fingerprint density at radius 1 is 1.36 bits per heavy atom. The smallest absolute Gasteiger partial charge is 0.317 e. The lowest BCUT2D eigenvalue weighted by atomic mass is 10.00. The van der Waals surface area contributed by atoms with Gasteiger partial charge in [0.15, 0.2) is 0 Å². The third-order valence-corrected chi connectivity index (χ3v) is 3.47. The number of rotatable bonds is 8. The molecule has 122 valence electrons. The van der Waals surface area contributed by atoms with Crippen LogP contribution in [0.4, 0.5) is 4.79 Å². The number of ether oxygens (including phenoxy) is 1. The number of benzene rings is 1. The summed E-state index contributed by atoms with van der Waals surface area (Å²) in [7, 11) is 3.16. The normalized spacial score (nSPS) is 11.8. The van der Waals surface area contributed by atoms with E-state index in [4.69, 9.17) is 21.4 Å². The maximum Gasteiger partial charge on any atom is 0.317 e. The minimum absolute atomic E-state index is 0.000842. The molecule has 1 rings (SSSR count). The molecule has 6 nitrogen and oxygen atoms in total.